The number of ether oxygens (including phenoxy) is 1. The van der Waals surface area contributed by atoms with Crippen LogP contribution in [0, 0.1) is 0 Å². The van der Waals surface area contributed by atoms with E-state index in [0.717, 1.165) is 43.5 Å². The molecular formula is C11H15N3O2. The third-order valence-corrected chi connectivity index (χ3v) is 3.40. The lowest BCUT2D eigenvalue weighted by Gasteiger charge is -2.24. The summed E-state index contributed by atoms with van der Waals surface area (Å²) in [5.41, 5.74) is 2.66. The smallest absolute Gasteiger partial charge is 0.170 e. The maximum Gasteiger partial charge on any atom is 0.170 e. The lowest BCUT2D eigenvalue weighted by molar-refractivity contribution is 0.110. The molecule has 16 heavy (non-hydrogen) atoms. The summed E-state index contributed by atoms with van der Waals surface area (Å²) in [6.45, 7) is 3.18. The number of hydrogen-bond acceptors (Lipinski definition) is 4. The van der Waals surface area contributed by atoms with Gasteiger partial charge in [0.1, 0.15) is 5.69 Å². The van der Waals surface area contributed by atoms with Crippen LogP contribution >= 0.6 is 0 Å². The minimum Gasteiger partial charge on any atom is -0.370 e. The Bertz CT molecular complexity index is 408. The van der Waals surface area contributed by atoms with Crippen LogP contribution in [-0.2, 0) is 18.0 Å². The van der Waals surface area contributed by atoms with Gasteiger partial charge in [-0.1, -0.05) is 0 Å². The molecule has 2 aliphatic rings. The zero-order valence-corrected chi connectivity index (χ0v) is 9.11. The Morgan fingerprint density at radius 3 is 2.94 bits per heavy atom. The predicted molar refractivity (Wildman–Crippen MR) is 57.2 cm³/mol. The molecule has 0 radical (unpaired) electrons. The molecule has 0 aromatic carbocycles. The zero-order valence-electron chi connectivity index (χ0n) is 9.11. The highest BCUT2D eigenvalue weighted by molar-refractivity contribution is 5.74. The first-order chi connectivity index (χ1) is 7.90. The quantitative estimate of drug-likeness (QED) is 0.745. The van der Waals surface area contributed by atoms with E-state index in [9.17, 15) is 4.79 Å². The van der Waals surface area contributed by atoms with Crippen LogP contribution in [0.4, 0.5) is 0 Å². The first kappa shape index (κ1) is 9.99. The van der Waals surface area contributed by atoms with Crippen LogP contribution in [0.15, 0.2) is 0 Å². The van der Waals surface area contributed by atoms with Crippen LogP contribution in [0.1, 0.15) is 40.6 Å². The molecule has 0 saturated carbocycles. The Morgan fingerprint density at radius 2 is 2.19 bits per heavy atom. The second kappa shape index (κ2) is 3.99. The predicted octanol–water partition coefficient (Wildman–Crippen LogP) is 0.650. The molecule has 0 unspecified atom stereocenters. The molecule has 86 valence electrons. The second-order valence-electron chi connectivity index (χ2n) is 4.35. The Kier molecular flexibility index (Phi) is 2.49. The normalized spacial score (nSPS) is 21.0. The summed E-state index contributed by atoms with van der Waals surface area (Å²) in [6, 6.07) is 0.422. The SMILES string of the molecule is O=Cc1nn(C2CCNCC2)c2c1COC2. The molecule has 1 aromatic heterocycles. The summed E-state index contributed by atoms with van der Waals surface area (Å²) in [7, 11) is 0. The Labute approximate surface area is 93.8 Å². The van der Waals surface area contributed by atoms with Crippen molar-refractivity contribution in [3.8, 4) is 0 Å². The van der Waals surface area contributed by atoms with Gasteiger partial charge in [-0.3, -0.25) is 9.48 Å². The average molecular weight is 221 g/mol. The molecule has 5 heteroatoms. The Morgan fingerprint density at radius 1 is 1.38 bits per heavy atom. The number of nitrogens with one attached hydrogen (secondary N) is 1. The highest BCUT2D eigenvalue weighted by Gasteiger charge is 2.27. The molecule has 0 atom stereocenters. The highest BCUT2D eigenvalue weighted by Crippen LogP contribution is 2.28. The van der Waals surface area contributed by atoms with Gasteiger partial charge in [0, 0.05) is 5.56 Å². The van der Waals surface area contributed by atoms with Crippen LogP contribution in [0.25, 0.3) is 0 Å². The van der Waals surface area contributed by atoms with Crippen molar-refractivity contribution in [1.29, 1.82) is 0 Å². The molecule has 0 aliphatic carbocycles. The van der Waals surface area contributed by atoms with Gasteiger partial charge in [-0.05, 0) is 25.9 Å². The number of rotatable bonds is 2. The Balaban J connectivity index is 1.97. The second-order valence-corrected chi connectivity index (χ2v) is 4.35. The van der Waals surface area contributed by atoms with Crippen molar-refractivity contribution < 1.29 is 9.53 Å². The number of nitrogens with zero attached hydrogens (tertiary/aromatic N) is 2. The molecule has 5 nitrogen and oxygen atoms in total. The summed E-state index contributed by atoms with van der Waals surface area (Å²) in [5, 5.41) is 7.75. The number of aromatic nitrogens is 2. The maximum atomic E-state index is 10.9. The number of piperidine rings is 1. The van der Waals surface area contributed by atoms with Gasteiger partial charge in [0.05, 0.1) is 24.9 Å². The molecule has 1 saturated heterocycles. The van der Waals surface area contributed by atoms with Crippen LogP contribution < -0.4 is 5.32 Å². The molecular weight excluding hydrogens is 206 g/mol. The molecule has 3 heterocycles. The molecule has 0 spiro atoms. The van der Waals surface area contributed by atoms with Crippen molar-refractivity contribution in [2.75, 3.05) is 13.1 Å². The van der Waals surface area contributed by atoms with E-state index < -0.39 is 0 Å². The standard InChI is InChI=1S/C11H15N3O2/c15-5-10-9-6-16-7-11(9)14(13-10)8-1-3-12-4-2-8/h5,8,12H,1-4,6-7H2. The van der Waals surface area contributed by atoms with Crippen molar-refractivity contribution >= 4 is 6.29 Å². The largest absolute Gasteiger partial charge is 0.370 e. The van der Waals surface area contributed by atoms with Crippen molar-refractivity contribution in [2.45, 2.75) is 32.1 Å². The molecule has 1 aromatic rings. The van der Waals surface area contributed by atoms with Crippen molar-refractivity contribution in [1.82, 2.24) is 15.1 Å². The van der Waals surface area contributed by atoms with Crippen molar-refractivity contribution in [3.05, 3.63) is 17.0 Å². The van der Waals surface area contributed by atoms with Gasteiger partial charge in [-0.2, -0.15) is 5.10 Å². The van der Waals surface area contributed by atoms with E-state index in [4.69, 9.17) is 4.74 Å². The number of carbonyl (C=O) groups excluding carboxylic acids is 1. The topological polar surface area (TPSA) is 56.2 Å². The van der Waals surface area contributed by atoms with Crippen LogP contribution in [0.2, 0.25) is 0 Å². The first-order valence-corrected chi connectivity index (χ1v) is 5.74. The molecule has 2 aliphatic heterocycles. The molecule has 1 fully saturated rings. The zero-order chi connectivity index (χ0) is 11.0. The van der Waals surface area contributed by atoms with Gasteiger partial charge in [0.25, 0.3) is 0 Å². The number of aldehydes is 1. The van der Waals surface area contributed by atoms with Gasteiger partial charge < -0.3 is 10.1 Å². The third kappa shape index (κ3) is 1.47. The summed E-state index contributed by atoms with van der Waals surface area (Å²) in [5.74, 6) is 0. The lowest BCUT2D eigenvalue weighted by Crippen LogP contribution is -2.30. The summed E-state index contributed by atoms with van der Waals surface area (Å²) >= 11 is 0. The maximum absolute atomic E-state index is 10.9. The first-order valence-electron chi connectivity index (χ1n) is 5.74. The average Bonchev–Trinajstić information content (AvgIpc) is 2.91. The molecule has 0 amide bonds. The molecule has 3 rings (SSSR count). The van der Waals surface area contributed by atoms with E-state index in [0.29, 0.717) is 24.9 Å². The lowest BCUT2D eigenvalue weighted by atomic mass is 10.1. The highest BCUT2D eigenvalue weighted by atomic mass is 16.5. The van der Waals surface area contributed by atoms with Gasteiger partial charge >= 0.3 is 0 Å². The van der Waals surface area contributed by atoms with E-state index >= 15 is 0 Å². The summed E-state index contributed by atoms with van der Waals surface area (Å²) in [6.07, 6.45) is 2.99. The van der Waals surface area contributed by atoms with Crippen molar-refractivity contribution in [3.63, 3.8) is 0 Å². The van der Waals surface area contributed by atoms with Crippen molar-refractivity contribution in [2.24, 2.45) is 0 Å². The minimum absolute atomic E-state index is 0.422. The van der Waals surface area contributed by atoms with Gasteiger partial charge in [-0.25, -0.2) is 0 Å². The van der Waals surface area contributed by atoms with Gasteiger partial charge in [-0.15, -0.1) is 0 Å². The van der Waals surface area contributed by atoms with E-state index in [-0.39, 0.29) is 0 Å². The van der Waals surface area contributed by atoms with Gasteiger partial charge in [0.15, 0.2) is 6.29 Å². The molecule has 1 N–H and O–H groups in total. The van der Waals surface area contributed by atoms with E-state index in [1.807, 2.05) is 4.68 Å². The van der Waals surface area contributed by atoms with E-state index in [1.165, 1.54) is 0 Å². The minimum atomic E-state index is 0.422. The van der Waals surface area contributed by atoms with Crippen LogP contribution in [-0.4, -0.2) is 29.2 Å². The number of fused-ring (bicyclic) bond motifs is 1. The number of hydrogen-bond donors (Lipinski definition) is 1. The number of carbonyl (C=O) groups is 1. The van der Waals surface area contributed by atoms with E-state index in [2.05, 4.69) is 10.4 Å². The van der Waals surface area contributed by atoms with Crippen LogP contribution in [0.5, 0.6) is 0 Å². The third-order valence-electron chi connectivity index (χ3n) is 3.40. The fourth-order valence-corrected chi connectivity index (χ4v) is 2.53. The van der Waals surface area contributed by atoms with Crippen LogP contribution in [0.3, 0.4) is 0 Å². The molecule has 0 bridgehead atoms. The Hall–Kier alpha value is -1.20. The summed E-state index contributed by atoms with van der Waals surface area (Å²) in [4.78, 5) is 10.9. The fraction of sp³-hybridized carbons (Fsp3) is 0.636. The van der Waals surface area contributed by atoms with E-state index in [1.54, 1.807) is 0 Å². The summed E-state index contributed by atoms with van der Waals surface area (Å²) < 4.78 is 7.41. The van der Waals surface area contributed by atoms with Gasteiger partial charge in [0.2, 0.25) is 0 Å². The monoisotopic (exact) mass is 221 g/mol. The fourth-order valence-electron chi connectivity index (χ4n) is 2.53.